The van der Waals surface area contributed by atoms with E-state index in [1.165, 1.54) is 9.75 Å². The molecule has 23 heavy (non-hydrogen) atoms. The van der Waals surface area contributed by atoms with E-state index in [4.69, 9.17) is 0 Å². The number of hydrogen-bond acceptors (Lipinski definition) is 4. The molecule has 1 saturated heterocycles. The minimum Gasteiger partial charge on any atom is -0.296 e. The molecule has 1 aliphatic heterocycles. The summed E-state index contributed by atoms with van der Waals surface area (Å²) < 4.78 is 3.59. The summed E-state index contributed by atoms with van der Waals surface area (Å²) in [6.07, 6.45) is 2.76. The number of likely N-dealkylation sites (tertiary alicyclic amines) is 1. The molecular weight excluding hydrogens is 308 g/mol. The molecular formula is C17H20N4OS. The van der Waals surface area contributed by atoms with Gasteiger partial charge in [-0.05, 0) is 37.6 Å². The van der Waals surface area contributed by atoms with Crippen LogP contribution >= 0.6 is 11.3 Å². The lowest BCUT2D eigenvalue weighted by Crippen LogP contribution is -2.28. The van der Waals surface area contributed by atoms with E-state index < -0.39 is 0 Å². The van der Waals surface area contributed by atoms with Gasteiger partial charge in [0.2, 0.25) is 0 Å². The van der Waals surface area contributed by atoms with Crippen LogP contribution in [0.2, 0.25) is 0 Å². The molecule has 0 saturated carbocycles. The van der Waals surface area contributed by atoms with Crippen LogP contribution in [-0.4, -0.2) is 32.1 Å². The third-order valence-electron chi connectivity index (χ3n) is 4.64. The summed E-state index contributed by atoms with van der Waals surface area (Å²) in [5, 5.41) is 0. The smallest absolute Gasteiger partial charge is 0.296 e. The molecule has 120 valence electrons. The van der Waals surface area contributed by atoms with Gasteiger partial charge in [0.1, 0.15) is 0 Å². The highest BCUT2D eigenvalue weighted by Crippen LogP contribution is 2.26. The molecule has 0 radical (unpaired) electrons. The number of pyridine rings is 1. The lowest BCUT2D eigenvalue weighted by Gasteiger charge is -2.15. The third-order valence-corrected chi connectivity index (χ3v) is 5.62. The van der Waals surface area contributed by atoms with Gasteiger partial charge in [-0.15, -0.1) is 11.3 Å². The van der Waals surface area contributed by atoms with Crippen LogP contribution in [0.1, 0.15) is 22.2 Å². The monoisotopic (exact) mass is 328 g/mol. The van der Waals surface area contributed by atoms with E-state index in [0.717, 1.165) is 37.2 Å². The van der Waals surface area contributed by atoms with Crippen molar-refractivity contribution in [1.82, 2.24) is 19.0 Å². The van der Waals surface area contributed by atoms with Crippen molar-refractivity contribution >= 4 is 22.5 Å². The van der Waals surface area contributed by atoms with Crippen molar-refractivity contribution in [2.24, 2.45) is 7.05 Å². The van der Waals surface area contributed by atoms with E-state index in [-0.39, 0.29) is 11.7 Å². The minimum absolute atomic E-state index is 0.0394. The number of nitrogens with zero attached hydrogens (tertiary/aromatic N) is 4. The second-order valence-electron chi connectivity index (χ2n) is 6.25. The maximum absolute atomic E-state index is 12.6. The van der Waals surface area contributed by atoms with Crippen LogP contribution < -0.4 is 5.69 Å². The molecule has 3 aromatic rings. The van der Waals surface area contributed by atoms with Crippen LogP contribution in [0.15, 0.2) is 35.3 Å². The number of rotatable bonds is 3. The molecule has 6 heteroatoms. The molecule has 4 rings (SSSR count). The Balaban J connectivity index is 1.61. The van der Waals surface area contributed by atoms with Crippen LogP contribution in [0.3, 0.4) is 0 Å². The Labute approximate surface area is 138 Å². The standard InChI is InChI=1S/C17H20N4OS/c1-12-5-6-14(23-12)11-20-9-7-13(10-20)21-16-15(4-3-8-18-16)19(2)17(21)22/h3-6,8,13H,7,9-11H2,1-2H3/t13-/m1/s1. The highest BCUT2D eigenvalue weighted by atomic mass is 32.1. The maximum atomic E-state index is 12.6. The quantitative estimate of drug-likeness (QED) is 0.742. The fraction of sp³-hybridized carbons (Fsp3) is 0.412. The van der Waals surface area contributed by atoms with Gasteiger partial charge in [-0.3, -0.25) is 14.0 Å². The predicted octanol–water partition coefficient (Wildman–Crippen LogP) is 2.55. The lowest BCUT2D eigenvalue weighted by atomic mass is 10.2. The van der Waals surface area contributed by atoms with Crippen molar-refractivity contribution in [3.8, 4) is 0 Å². The second-order valence-corrected chi connectivity index (χ2v) is 7.62. The Kier molecular flexibility index (Phi) is 3.58. The zero-order valence-corrected chi connectivity index (χ0v) is 14.2. The highest BCUT2D eigenvalue weighted by Gasteiger charge is 2.28. The highest BCUT2D eigenvalue weighted by molar-refractivity contribution is 7.11. The lowest BCUT2D eigenvalue weighted by molar-refractivity contribution is 0.318. The van der Waals surface area contributed by atoms with Crippen molar-refractivity contribution in [3.05, 3.63) is 50.7 Å². The van der Waals surface area contributed by atoms with Gasteiger partial charge in [0, 0.05) is 42.6 Å². The van der Waals surface area contributed by atoms with Gasteiger partial charge < -0.3 is 0 Å². The summed E-state index contributed by atoms with van der Waals surface area (Å²) in [5.41, 5.74) is 1.75. The SMILES string of the molecule is Cc1ccc(CN2CC[C@@H](n3c(=O)n(C)c4cccnc43)C2)s1. The van der Waals surface area contributed by atoms with E-state index in [1.54, 1.807) is 10.8 Å². The Hall–Kier alpha value is -1.92. The zero-order valence-electron chi connectivity index (χ0n) is 13.4. The molecule has 1 fully saturated rings. The first-order valence-corrected chi connectivity index (χ1v) is 8.75. The van der Waals surface area contributed by atoms with Crippen molar-refractivity contribution in [1.29, 1.82) is 0 Å². The largest absolute Gasteiger partial charge is 0.330 e. The molecule has 5 nitrogen and oxygen atoms in total. The number of thiophene rings is 1. The van der Waals surface area contributed by atoms with Gasteiger partial charge >= 0.3 is 5.69 Å². The summed E-state index contributed by atoms with van der Waals surface area (Å²) in [5.74, 6) is 0. The normalized spacial score (nSPS) is 19.0. The molecule has 0 N–H and O–H groups in total. The summed E-state index contributed by atoms with van der Waals surface area (Å²) in [7, 11) is 1.82. The number of aryl methyl sites for hydroxylation is 2. The van der Waals surface area contributed by atoms with Crippen molar-refractivity contribution in [2.45, 2.75) is 25.9 Å². The van der Waals surface area contributed by atoms with Crippen molar-refractivity contribution < 1.29 is 0 Å². The van der Waals surface area contributed by atoms with Crippen LogP contribution in [0.4, 0.5) is 0 Å². The van der Waals surface area contributed by atoms with E-state index in [1.807, 2.05) is 35.1 Å². The van der Waals surface area contributed by atoms with E-state index in [9.17, 15) is 4.79 Å². The van der Waals surface area contributed by atoms with Crippen LogP contribution in [0.5, 0.6) is 0 Å². The second kappa shape index (κ2) is 5.62. The zero-order chi connectivity index (χ0) is 16.0. The van der Waals surface area contributed by atoms with Gasteiger partial charge in [0.05, 0.1) is 11.6 Å². The first kappa shape index (κ1) is 14.7. The average Bonchev–Trinajstić information content (AvgIpc) is 3.22. The summed E-state index contributed by atoms with van der Waals surface area (Å²) in [6, 6.07) is 8.43. The summed E-state index contributed by atoms with van der Waals surface area (Å²) in [6.45, 7) is 5.05. The molecule has 1 atom stereocenters. The van der Waals surface area contributed by atoms with Crippen LogP contribution in [-0.2, 0) is 13.6 Å². The number of aromatic nitrogens is 3. The van der Waals surface area contributed by atoms with E-state index in [2.05, 4.69) is 28.9 Å². The molecule has 3 aromatic heterocycles. The van der Waals surface area contributed by atoms with Gasteiger partial charge in [-0.25, -0.2) is 9.78 Å². The topological polar surface area (TPSA) is 43.1 Å². The molecule has 0 aliphatic carbocycles. The molecule has 0 spiro atoms. The fourth-order valence-electron chi connectivity index (χ4n) is 3.48. The first-order valence-electron chi connectivity index (χ1n) is 7.93. The third kappa shape index (κ3) is 2.52. The van der Waals surface area contributed by atoms with Gasteiger partial charge in [-0.2, -0.15) is 0 Å². The van der Waals surface area contributed by atoms with Crippen molar-refractivity contribution in [2.75, 3.05) is 13.1 Å². The molecule has 4 heterocycles. The number of hydrogen-bond donors (Lipinski definition) is 0. The number of fused-ring (bicyclic) bond motifs is 1. The van der Waals surface area contributed by atoms with Gasteiger partial charge in [-0.1, -0.05) is 0 Å². The molecule has 0 bridgehead atoms. The first-order chi connectivity index (χ1) is 11.1. The summed E-state index contributed by atoms with van der Waals surface area (Å²) >= 11 is 1.85. The fourth-order valence-corrected chi connectivity index (χ4v) is 4.41. The van der Waals surface area contributed by atoms with Crippen LogP contribution in [0.25, 0.3) is 11.2 Å². The maximum Gasteiger partial charge on any atom is 0.330 e. The molecule has 0 aromatic carbocycles. The Morgan fingerprint density at radius 3 is 3.00 bits per heavy atom. The van der Waals surface area contributed by atoms with Gasteiger partial charge in [0.15, 0.2) is 5.65 Å². The van der Waals surface area contributed by atoms with Crippen LogP contribution in [0, 0.1) is 6.92 Å². The van der Waals surface area contributed by atoms with E-state index >= 15 is 0 Å². The Bertz CT molecular complexity index is 907. The van der Waals surface area contributed by atoms with E-state index in [0.29, 0.717) is 0 Å². The average molecular weight is 328 g/mol. The Morgan fingerprint density at radius 1 is 1.35 bits per heavy atom. The molecule has 1 aliphatic rings. The summed E-state index contributed by atoms with van der Waals surface area (Å²) in [4.78, 5) is 22.2. The predicted molar refractivity (Wildman–Crippen MR) is 93.0 cm³/mol. The molecule has 0 unspecified atom stereocenters. The minimum atomic E-state index is 0.0394. The van der Waals surface area contributed by atoms with Gasteiger partial charge in [0.25, 0.3) is 0 Å². The number of imidazole rings is 1. The van der Waals surface area contributed by atoms with Crippen molar-refractivity contribution in [3.63, 3.8) is 0 Å². The molecule has 0 amide bonds. The Morgan fingerprint density at radius 2 is 2.22 bits per heavy atom.